The summed E-state index contributed by atoms with van der Waals surface area (Å²) in [6.45, 7) is 9.67. The first-order valence-electron chi connectivity index (χ1n) is 8.45. The first-order chi connectivity index (χ1) is 10.7. The van der Waals surface area contributed by atoms with Crippen LogP contribution in [0.15, 0.2) is 24.3 Å². The van der Waals surface area contributed by atoms with Crippen molar-refractivity contribution in [2.75, 3.05) is 46.4 Å². The molecule has 0 amide bonds. The predicted molar refractivity (Wildman–Crippen MR) is 88.3 cm³/mol. The largest absolute Gasteiger partial charge is 0.497 e. The smallest absolute Gasteiger partial charge is 0.119 e. The van der Waals surface area contributed by atoms with Crippen LogP contribution in [0.3, 0.4) is 0 Å². The van der Waals surface area contributed by atoms with Crippen molar-refractivity contribution in [2.45, 2.75) is 31.9 Å². The summed E-state index contributed by atoms with van der Waals surface area (Å²) in [7, 11) is 1.73. The highest BCUT2D eigenvalue weighted by Gasteiger charge is 2.39. The first-order valence-corrected chi connectivity index (χ1v) is 8.45. The van der Waals surface area contributed by atoms with E-state index >= 15 is 0 Å². The molecule has 0 saturated carbocycles. The third-order valence-corrected chi connectivity index (χ3v) is 5.08. The van der Waals surface area contributed by atoms with Crippen molar-refractivity contribution >= 4 is 0 Å². The molecule has 3 rings (SSSR count). The minimum Gasteiger partial charge on any atom is -0.497 e. The van der Waals surface area contributed by atoms with Crippen molar-refractivity contribution < 1.29 is 9.47 Å². The molecule has 0 radical (unpaired) electrons. The molecule has 1 spiro atoms. The van der Waals surface area contributed by atoms with Crippen molar-refractivity contribution in [1.29, 1.82) is 0 Å². The van der Waals surface area contributed by atoms with Gasteiger partial charge in [0.15, 0.2) is 0 Å². The van der Waals surface area contributed by atoms with E-state index < -0.39 is 0 Å². The molecule has 0 N–H and O–H groups in total. The van der Waals surface area contributed by atoms with Gasteiger partial charge in [0.1, 0.15) is 5.75 Å². The maximum absolute atomic E-state index is 6.22. The Bertz CT molecular complexity index is 484. The molecular weight excluding hydrogens is 276 g/mol. The number of ether oxygens (including phenoxy) is 2. The van der Waals surface area contributed by atoms with Gasteiger partial charge in [-0.25, -0.2) is 0 Å². The van der Waals surface area contributed by atoms with Crippen LogP contribution in [0.5, 0.6) is 5.75 Å². The van der Waals surface area contributed by atoms with Gasteiger partial charge in [-0.05, 0) is 37.1 Å². The summed E-state index contributed by atoms with van der Waals surface area (Å²) < 4.78 is 11.5. The van der Waals surface area contributed by atoms with Gasteiger partial charge in [-0.3, -0.25) is 4.90 Å². The van der Waals surface area contributed by atoms with Gasteiger partial charge in [0.05, 0.1) is 19.3 Å². The second-order valence-corrected chi connectivity index (χ2v) is 6.53. The van der Waals surface area contributed by atoms with Crippen LogP contribution in [0.4, 0.5) is 0 Å². The van der Waals surface area contributed by atoms with E-state index in [0.717, 1.165) is 51.4 Å². The molecule has 22 heavy (non-hydrogen) atoms. The van der Waals surface area contributed by atoms with E-state index in [-0.39, 0.29) is 5.60 Å². The molecule has 4 heteroatoms. The van der Waals surface area contributed by atoms with Gasteiger partial charge >= 0.3 is 0 Å². The van der Waals surface area contributed by atoms with E-state index in [2.05, 4.69) is 34.9 Å². The van der Waals surface area contributed by atoms with Gasteiger partial charge in [-0.2, -0.15) is 0 Å². The average Bonchev–Trinajstić information content (AvgIpc) is 2.56. The second-order valence-electron chi connectivity index (χ2n) is 6.53. The number of hydrogen-bond acceptors (Lipinski definition) is 4. The van der Waals surface area contributed by atoms with E-state index in [1.54, 1.807) is 7.11 Å². The minimum atomic E-state index is 0.0861. The number of piperidine rings is 1. The Kier molecular flexibility index (Phi) is 5.01. The predicted octanol–water partition coefficient (Wildman–Crippen LogP) is 2.38. The summed E-state index contributed by atoms with van der Waals surface area (Å²) in [4.78, 5) is 5.06. The summed E-state index contributed by atoms with van der Waals surface area (Å²) in [5.41, 5.74) is 1.41. The molecule has 0 bridgehead atoms. The highest BCUT2D eigenvalue weighted by molar-refractivity contribution is 5.28. The van der Waals surface area contributed by atoms with Gasteiger partial charge < -0.3 is 14.4 Å². The monoisotopic (exact) mass is 304 g/mol. The quantitative estimate of drug-likeness (QED) is 0.853. The van der Waals surface area contributed by atoms with Crippen LogP contribution >= 0.6 is 0 Å². The maximum Gasteiger partial charge on any atom is 0.119 e. The van der Waals surface area contributed by atoms with Crippen LogP contribution in [0.2, 0.25) is 0 Å². The molecule has 1 aromatic carbocycles. The number of methoxy groups -OCH3 is 1. The SMILES string of the molecule is CCN1CCC2(CC1)CN(Cc1cccc(OC)c1)CCO2. The lowest BCUT2D eigenvalue weighted by atomic mass is 9.89. The molecule has 0 aromatic heterocycles. The summed E-state index contributed by atoms with van der Waals surface area (Å²) in [5, 5.41) is 0. The summed E-state index contributed by atoms with van der Waals surface area (Å²) in [5.74, 6) is 0.941. The number of rotatable bonds is 4. The van der Waals surface area contributed by atoms with E-state index in [1.165, 1.54) is 18.7 Å². The van der Waals surface area contributed by atoms with Gasteiger partial charge in [-0.15, -0.1) is 0 Å². The van der Waals surface area contributed by atoms with E-state index in [9.17, 15) is 0 Å². The highest BCUT2D eigenvalue weighted by atomic mass is 16.5. The van der Waals surface area contributed by atoms with Gasteiger partial charge in [0.25, 0.3) is 0 Å². The van der Waals surface area contributed by atoms with Gasteiger partial charge in [0, 0.05) is 32.7 Å². The van der Waals surface area contributed by atoms with Crippen molar-refractivity contribution in [3.05, 3.63) is 29.8 Å². The molecule has 0 atom stereocenters. The Morgan fingerprint density at radius 2 is 2.00 bits per heavy atom. The lowest BCUT2D eigenvalue weighted by molar-refractivity contribution is -0.137. The van der Waals surface area contributed by atoms with Crippen LogP contribution in [0, 0.1) is 0 Å². The maximum atomic E-state index is 6.22. The first kappa shape index (κ1) is 15.8. The van der Waals surface area contributed by atoms with Crippen molar-refractivity contribution in [2.24, 2.45) is 0 Å². The van der Waals surface area contributed by atoms with Crippen molar-refractivity contribution in [3.8, 4) is 5.75 Å². The zero-order valence-corrected chi connectivity index (χ0v) is 13.9. The topological polar surface area (TPSA) is 24.9 Å². The Labute approximate surface area is 134 Å². The summed E-state index contributed by atoms with van der Waals surface area (Å²) in [6.07, 6.45) is 2.32. The molecule has 2 saturated heterocycles. The van der Waals surface area contributed by atoms with Crippen LogP contribution < -0.4 is 4.74 Å². The molecule has 2 aliphatic heterocycles. The van der Waals surface area contributed by atoms with E-state index in [4.69, 9.17) is 9.47 Å². The molecule has 2 aliphatic rings. The Morgan fingerprint density at radius 1 is 1.18 bits per heavy atom. The molecule has 0 unspecified atom stereocenters. The summed E-state index contributed by atoms with van der Waals surface area (Å²) in [6, 6.07) is 8.40. The average molecular weight is 304 g/mol. The van der Waals surface area contributed by atoms with Crippen LogP contribution in [-0.4, -0.2) is 61.8 Å². The molecule has 122 valence electrons. The van der Waals surface area contributed by atoms with Crippen LogP contribution in [0.25, 0.3) is 0 Å². The van der Waals surface area contributed by atoms with Crippen molar-refractivity contribution in [3.63, 3.8) is 0 Å². The Morgan fingerprint density at radius 3 is 2.73 bits per heavy atom. The zero-order valence-electron chi connectivity index (χ0n) is 13.9. The zero-order chi connectivity index (χ0) is 15.4. The molecule has 1 aromatic rings. The van der Waals surface area contributed by atoms with Gasteiger partial charge in [0.2, 0.25) is 0 Å². The number of morpholine rings is 1. The molecule has 0 aliphatic carbocycles. The second kappa shape index (κ2) is 6.99. The fourth-order valence-corrected chi connectivity index (χ4v) is 3.67. The number of benzene rings is 1. The standard InChI is InChI=1S/C18H28N2O2/c1-3-19-9-7-18(8-10-19)15-20(11-12-22-18)14-16-5-4-6-17(13-16)21-2/h4-6,13H,3,7-12,14-15H2,1-2H3. The Hall–Kier alpha value is -1.10. The lowest BCUT2D eigenvalue weighted by Crippen LogP contribution is -2.56. The van der Waals surface area contributed by atoms with Crippen LogP contribution in [-0.2, 0) is 11.3 Å². The summed E-state index contributed by atoms with van der Waals surface area (Å²) >= 11 is 0. The lowest BCUT2D eigenvalue weighted by Gasteiger charge is -2.47. The van der Waals surface area contributed by atoms with Crippen LogP contribution in [0.1, 0.15) is 25.3 Å². The third-order valence-electron chi connectivity index (χ3n) is 5.08. The van der Waals surface area contributed by atoms with E-state index in [0.29, 0.717) is 0 Å². The number of nitrogens with zero attached hydrogens (tertiary/aromatic N) is 2. The van der Waals surface area contributed by atoms with Gasteiger partial charge in [-0.1, -0.05) is 19.1 Å². The highest BCUT2D eigenvalue weighted by Crippen LogP contribution is 2.30. The minimum absolute atomic E-state index is 0.0861. The fraction of sp³-hybridized carbons (Fsp3) is 0.667. The third kappa shape index (κ3) is 3.62. The molecular formula is C18H28N2O2. The van der Waals surface area contributed by atoms with Crippen molar-refractivity contribution in [1.82, 2.24) is 9.80 Å². The molecule has 4 nitrogen and oxygen atoms in total. The number of likely N-dealkylation sites (tertiary alicyclic amines) is 1. The Balaban J connectivity index is 1.61. The van der Waals surface area contributed by atoms with E-state index in [1.807, 2.05) is 6.07 Å². The normalized spacial score (nSPS) is 22.8. The molecule has 2 fully saturated rings. The fourth-order valence-electron chi connectivity index (χ4n) is 3.67. The molecule has 2 heterocycles. The number of hydrogen-bond donors (Lipinski definition) is 0.